The van der Waals surface area contributed by atoms with Crippen LogP contribution >= 0.6 is 0 Å². The van der Waals surface area contributed by atoms with Crippen molar-refractivity contribution in [2.24, 2.45) is 0 Å². The lowest BCUT2D eigenvalue weighted by Crippen LogP contribution is -2.58. The summed E-state index contributed by atoms with van der Waals surface area (Å²) in [7, 11) is 0. The molecule has 1 aliphatic rings. The van der Waals surface area contributed by atoms with Gasteiger partial charge in [0.15, 0.2) is 5.78 Å². The molecule has 0 aromatic carbocycles. The predicted octanol–water partition coefficient (Wildman–Crippen LogP) is -5.02. The van der Waals surface area contributed by atoms with Crippen molar-refractivity contribution in [1.29, 1.82) is 0 Å². The van der Waals surface area contributed by atoms with E-state index in [-0.39, 0.29) is 38.6 Å². The van der Waals surface area contributed by atoms with Crippen molar-refractivity contribution >= 4 is 41.5 Å². The monoisotopic (exact) mass is 589 g/mol. The Morgan fingerprint density at radius 3 is 1.63 bits per heavy atom. The second kappa shape index (κ2) is 18.6. The third kappa shape index (κ3) is 16.2. The van der Waals surface area contributed by atoms with E-state index in [2.05, 4.69) is 21.3 Å². The van der Waals surface area contributed by atoms with Gasteiger partial charge < -0.3 is 41.7 Å². The van der Waals surface area contributed by atoms with E-state index in [1.54, 1.807) is 0 Å². The van der Waals surface area contributed by atoms with Gasteiger partial charge in [0.05, 0.1) is 38.8 Å². The third-order valence-electron chi connectivity index (χ3n) is 5.93. The van der Waals surface area contributed by atoms with Gasteiger partial charge in [0.2, 0.25) is 11.8 Å². The fraction of sp³-hybridized carbons (Fsp3) is 0.696. The number of carbonyl (C=O) groups is 7. The lowest BCUT2D eigenvalue weighted by Gasteiger charge is -2.28. The highest BCUT2D eigenvalue weighted by Crippen LogP contribution is 1.98. The van der Waals surface area contributed by atoms with Crippen molar-refractivity contribution < 1.29 is 54.0 Å². The summed E-state index contributed by atoms with van der Waals surface area (Å²) in [5.74, 6) is -6.49. The van der Waals surface area contributed by atoms with Gasteiger partial charge in [-0.25, -0.2) is 0 Å². The number of nitrogens with one attached hydrogen (secondary N) is 4. The fourth-order valence-electron chi connectivity index (χ4n) is 3.93. The topological polar surface area (TPSA) is 258 Å². The van der Waals surface area contributed by atoms with Crippen molar-refractivity contribution in [1.82, 2.24) is 36.0 Å². The molecule has 0 aromatic heterocycles. The summed E-state index contributed by atoms with van der Waals surface area (Å²) < 4.78 is 0. The summed E-state index contributed by atoms with van der Waals surface area (Å²) in [6, 6.07) is -1.56. The van der Waals surface area contributed by atoms with E-state index >= 15 is 0 Å². The Balaban J connectivity index is 2.75. The highest BCUT2D eigenvalue weighted by molar-refractivity contribution is 5.89. The number of carboxylic acids is 4. The predicted molar refractivity (Wildman–Crippen MR) is 140 cm³/mol. The quantitative estimate of drug-likeness (QED) is 0.0623. The average Bonchev–Trinajstić information content (AvgIpc) is 2.86. The van der Waals surface area contributed by atoms with Crippen molar-refractivity contribution in [2.75, 3.05) is 85.1 Å². The molecule has 8 N–H and O–H groups in total. The van der Waals surface area contributed by atoms with E-state index in [4.69, 9.17) is 10.2 Å². The smallest absolute Gasteiger partial charge is 0.317 e. The standard InChI is InChI=1S/C23H39N7O11/c1-15(31)16(9-26-23(41)17-8-24-2-3-25-17)27-18(32)10-29(12-20(35)36)6-4-28(11-19(33)34)5-7-30(13-21(37)38)14-22(39)40/h16-17,24-25H,2-14H2,1H3,(H,26,41)(H,27,32)(H,33,34)(H,35,36)(H,37,38)(H,39,40). The fourth-order valence-corrected chi connectivity index (χ4v) is 3.93. The van der Waals surface area contributed by atoms with Crippen molar-refractivity contribution in [3.63, 3.8) is 0 Å². The van der Waals surface area contributed by atoms with Gasteiger partial charge in [-0.15, -0.1) is 0 Å². The molecule has 1 heterocycles. The Labute approximate surface area is 236 Å². The summed E-state index contributed by atoms with van der Waals surface area (Å²) in [5, 5.41) is 47.6. The Bertz CT molecular complexity index is 927. The van der Waals surface area contributed by atoms with Crippen LogP contribution in [0.15, 0.2) is 0 Å². The Morgan fingerprint density at radius 2 is 1.20 bits per heavy atom. The molecule has 41 heavy (non-hydrogen) atoms. The Hall–Kier alpha value is -3.71. The van der Waals surface area contributed by atoms with Gasteiger partial charge in [-0.2, -0.15) is 0 Å². The van der Waals surface area contributed by atoms with Crippen LogP contribution in [0.25, 0.3) is 0 Å². The van der Waals surface area contributed by atoms with Crippen LogP contribution in [0.5, 0.6) is 0 Å². The van der Waals surface area contributed by atoms with E-state index in [0.717, 1.165) is 4.90 Å². The molecule has 1 fully saturated rings. The van der Waals surface area contributed by atoms with Crippen LogP contribution < -0.4 is 21.3 Å². The molecule has 0 bridgehead atoms. The van der Waals surface area contributed by atoms with Crippen LogP contribution in [0.3, 0.4) is 0 Å². The maximum atomic E-state index is 12.7. The first kappa shape index (κ1) is 35.3. The van der Waals surface area contributed by atoms with Crippen LogP contribution in [0, 0.1) is 0 Å². The molecular weight excluding hydrogens is 550 g/mol. The molecule has 18 heteroatoms. The molecule has 0 radical (unpaired) electrons. The van der Waals surface area contributed by atoms with Gasteiger partial charge in [0.1, 0.15) is 6.04 Å². The SMILES string of the molecule is CC(=O)C(CNC(=O)C1CNCCN1)NC(=O)CN(CCN(CCN(CC(=O)O)CC(=O)O)CC(=O)O)CC(=O)O. The molecule has 1 saturated heterocycles. The first-order chi connectivity index (χ1) is 19.3. The average molecular weight is 590 g/mol. The molecule has 1 rings (SSSR count). The minimum atomic E-state index is -1.26. The molecule has 0 saturated carbocycles. The van der Waals surface area contributed by atoms with Gasteiger partial charge in [-0.05, 0) is 6.92 Å². The van der Waals surface area contributed by atoms with Gasteiger partial charge in [0.25, 0.3) is 0 Å². The molecule has 1 aliphatic heterocycles. The molecule has 2 unspecified atom stereocenters. The maximum Gasteiger partial charge on any atom is 0.317 e. The second-order valence-corrected chi connectivity index (χ2v) is 9.46. The zero-order valence-corrected chi connectivity index (χ0v) is 22.8. The third-order valence-corrected chi connectivity index (χ3v) is 5.93. The van der Waals surface area contributed by atoms with E-state index in [9.17, 15) is 43.8 Å². The molecule has 2 atom stereocenters. The summed E-state index contributed by atoms with van der Waals surface area (Å²) in [4.78, 5) is 85.5. The van der Waals surface area contributed by atoms with E-state index < -0.39 is 80.4 Å². The number of hydrogen-bond donors (Lipinski definition) is 8. The summed E-state index contributed by atoms with van der Waals surface area (Å²) in [6.07, 6.45) is 0. The number of rotatable bonds is 21. The molecule has 0 aromatic rings. The lowest BCUT2D eigenvalue weighted by molar-refractivity contribution is -0.143. The minimum Gasteiger partial charge on any atom is -0.480 e. The van der Waals surface area contributed by atoms with E-state index in [0.29, 0.717) is 19.6 Å². The Kier molecular flexibility index (Phi) is 16.0. The van der Waals surface area contributed by atoms with Crippen LogP contribution in [0.2, 0.25) is 0 Å². The van der Waals surface area contributed by atoms with Crippen LogP contribution in [0.4, 0.5) is 0 Å². The molecule has 232 valence electrons. The molecular formula is C23H39N7O11. The van der Waals surface area contributed by atoms with Gasteiger partial charge in [-0.3, -0.25) is 48.3 Å². The summed E-state index contributed by atoms with van der Waals surface area (Å²) in [6.45, 7) is -0.202. The van der Waals surface area contributed by atoms with Crippen LogP contribution in [-0.2, 0) is 33.6 Å². The largest absolute Gasteiger partial charge is 0.480 e. The first-order valence-electron chi connectivity index (χ1n) is 12.8. The van der Waals surface area contributed by atoms with E-state index in [1.807, 2.05) is 0 Å². The number of amides is 2. The number of carboxylic acid groups (broad SMARTS) is 4. The highest BCUT2D eigenvalue weighted by Gasteiger charge is 2.25. The van der Waals surface area contributed by atoms with Crippen molar-refractivity contribution in [3.05, 3.63) is 0 Å². The maximum absolute atomic E-state index is 12.7. The number of Topliss-reactive ketones (excluding diaryl/α,β-unsaturated/α-hetero) is 1. The number of aliphatic carboxylic acids is 4. The zero-order valence-electron chi connectivity index (χ0n) is 22.8. The first-order valence-corrected chi connectivity index (χ1v) is 12.8. The number of piperazine rings is 1. The van der Waals surface area contributed by atoms with Crippen LogP contribution in [0.1, 0.15) is 6.92 Å². The zero-order chi connectivity index (χ0) is 30.9. The number of nitrogens with zero attached hydrogens (tertiary/aromatic N) is 3. The lowest BCUT2D eigenvalue weighted by atomic mass is 10.1. The molecule has 0 aliphatic carbocycles. The van der Waals surface area contributed by atoms with Gasteiger partial charge >= 0.3 is 23.9 Å². The molecule has 2 amide bonds. The van der Waals surface area contributed by atoms with Crippen molar-refractivity contribution in [3.8, 4) is 0 Å². The second-order valence-electron chi connectivity index (χ2n) is 9.46. The summed E-state index contributed by atoms with van der Waals surface area (Å²) in [5.41, 5.74) is 0. The number of hydrogen-bond acceptors (Lipinski definition) is 12. The molecule has 0 spiro atoms. The highest BCUT2D eigenvalue weighted by atomic mass is 16.4. The van der Waals surface area contributed by atoms with Gasteiger partial charge in [-0.1, -0.05) is 0 Å². The van der Waals surface area contributed by atoms with Crippen LogP contribution in [-0.4, -0.2) is 174 Å². The number of carbonyl (C=O) groups excluding carboxylic acids is 3. The van der Waals surface area contributed by atoms with Gasteiger partial charge in [0, 0.05) is 52.4 Å². The normalized spacial score (nSPS) is 15.9. The number of ketones is 1. The van der Waals surface area contributed by atoms with Crippen molar-refractivity contribution in [2.45, 2.75) is 19.0 Å². The molecule has 18 nitrogen and oxygen atoms in total. The Morgan fingerprint density at radius 1 is 0.732 bits per heavy atom. The van der Waals surface area contributed by atoms with E-state index in [1.165, 1.54) is 16.7 Å². The minimum absolute atomic E-state index is 0.0442. The summed E-state index contributed by atoms with van der Waals surface area (Å²) >= 11 is 0.